The van der Waals surface area contributed by atoms with E-state index in [0.717, 1.165) is 0 Å². The third-order valence-electron chi connectivity index (χ3n) is 2.24. The molecule has 2 rings (SSSR count). The maximum absolute atomic E-state index is 10.8. The first-order valence-corrected chi connectivity index (χ1v) is 5.23. The summed E-state index contributed by atoms with van der Waals surface area (Å²) in [5, 5.41) is 17.4. The summed E-state index contributed by atoms with van der Waals surface area (Å²) >= 11 is 0. The molecule has 18 heavy (non-hydrogen) atoms. The van der Waals surface area contributed by atoms with Gasteiger partial charge in [-0.1, -0.05) is 0 Å². The highest BCUT2D eigenvalue weighted by Crippen LogP contribution is 2.18. The highest BCUT2D eigenvalue weighted by Gasteiger charge is 2.21. The molecule has 2 aromatic heterocycles. The van der Waals surface area contributed by atoms with Crippen LogP contribution in [0.25, 0.3) is 0 Å². The zero-order chi connectivity index (χ0) is 13.3. The lowest BCUT2D eigenvalue weighted by Crippen LogP contribution is -2.16. The number of carbonyl (C=O) groups excluding carboxylic acids is 1. The lowest BCUT2D eigenvalue weighted by Gasteiger charge is -2.11. The zero-order valence-corrected chi connectivity index (χ0v) is 9.99. The first-order valence-electron chi connectivity index (χ1n) is 5.23. The number of carbonyl (C=O) groups is 1. The van der Waals surface area contributed by atoms with E-state index in [1.165, 1.54) is 17.3 Å². The monoisotopic (exact) mass is 251 g/mol. The van der Waals surface area contributed by atoms with Crippen LogP contribution in [-0.4, -0.2) is 31.0 Å². The summed E-state index contributed by atoms with van der Waals surface area (Å²) in [4.78, 5) is 16.2. The largest absolute Gasteiger partial charge is 0.446 e. The molecule has 0 bridgehead atoms. The third-order valence-corrected chi connectivity index (χ3v) is 2.24. The van der Waals surface area contributed by atoms with Crippen molar-refractivity contribution in [1.82, 2.24) is 20.0 Å². The molecule has 1 amide bonds. The minimum atomic E-state index is -1.07. The van der Waals surface area contributed by atoms with Gasteiger partial charge in [-0.05, 0) is 13.8 Å². The predicted octanol–water partition coefficient (Wildman–Crippen LogP) is -0.359. The number of nitrogens with two attached hydrogens (primary N) is 1. The highest BCUT2D eigenvalue weighted by molar-refractivity contribution is 5.90. The topological polar surface area (TPSA) is 120 Å². The van der Waals surface area contributed by atoms with E-state index in [-0.39, 0.29) is 12.2 Å². The fraction of sp³-hybridized carbons (Fsp3) is 0.400. The molecule has 3 N–H and O–H groups in total. The Labute approximate surface area is 102 Å². The van der Waals surface area contributed by atoms with Crippen LogP contribution in [-0.2, 0) is 12.1 Å². The van der Waals surface area contributed by atoms with Crippen LogP contribution in [0.3, 0.4) is 0 Å². The van der Waals surface area contributed by atoms with E-state index >= 15 is 0 Å². The normalized spacial score (nSPS) is 11.7. The van der Waals surface area contributed by atoms with Crippen molar-refractivity contribution in [3.63, 3.8) is 0 Å². The fourth-order valence-electron chi connectivity index (χ4n) is 1.27. The molecule has 2 aromatic rings. The molecule has 8 nitrogen and oxygen atoms in total. The lowest BCUT2D eigenvalue weighted by molar-refractivity contribution is 0.0737. The van der Waals surface area contributed by atoms with E-state index in [1.54, 1.807) is 13.8 Å². The van der Waals surface area contributed by atoms with Gasteiger partial charge in [0.2, 0.25) is 5.89 Å². The molecule has 8 heteroatoms. The Bertz CT molecular complexity index is 566. The van der Waals surface area contributed by atoms with Gasteiger partial charge >= 0.3 is 0 Å². The predicted molar refractivity (Wildman–Crippen MR) is 59.4 cm³/mol. The Morgan fingerprint density at radius 3 is 2.83 bits per heavy atom. The van der Waals surface area contributed by atoms with Gasteiger partial charge in [-0.15, -0.1) is 5.10 Å². The van der Waals surface area contributed by atoms with E-state index in [9.17, 15) is 9.90 Å². The van der Waals surface area contributed by atoms with Gasteiger partial charge < -0.3 is 15.3 Å². The average molecular weight is 251 g/mol. The van der Waals surface area contributed by atoms with Crippen molar-refractivity contribution in [3.05, 3.63) is 29.7 Å². The van der Waals surface area contributed by atoms with Crippen molar-refractivity contribution in [2.45, 2.75) is 26.0 Å². The molecule has 0 fully saturated rings. The summed E-state index contributed by atoms with van der Waals surface area (Å²) in [5.74, 6) is -0.315. The minimum Gasteiger partial charge on any atom is -0.446 e. The number of primary amides is 1. The van der Waals surface area contributed by atoms with Gasteiger partial charge in [-0.25, -0.2) is 4.98 Å². The standard InChI is InChI=1S/C10H13N5O3/c1-10(2,17)7-5-18-8(13-7)4-15-12-3-6(14-15)9(11)16/h3,5,17H,4H2,1-2H3,(H2,11,16). The number of aliphatic hydroxyl groups is 1. The Hall–Kier alpha value is -2.22. The average Bonchev–Trinajstić information content (AvgIpc) is 2.85. The maximum atomic E-state index is 10.8. The van der Waals surface area contributed by atoms with Gasteiger partial charge in [0.25, 0.3) is 5.91 Å². The van der Waals surface area contributed by atoms with Crippen molar-refractivity contribution in [1.29, 1.82) is 0 Å². The number of nitrogens with zero attached hydrogens (tertiary/aromatic N) is 4. The quantitative estimate of drug-likeness (QED) is 0.765. The van der Waals surface area contributed by atoms with Crippen LogP contribution in [0, 0.1) is 0 Å². The number of oxazole rings is 1. The van der Waals surface area contributed by atoms with Gasteiger partial charge in [0, 0.05) is 0 Å². The number of aromatic nitrogens is 4. The Morgan fingerprint density at radius 2 is 2.33 bits per heavy atom. The van der Waals surface area contributed by atoms with E-state index in [4.69, 9.17) is 10.2 Å². The third kappa shape index (κ3) is 2.54. The Morgan fingerprint density at radius 1 is 1.61 bits per heavy atom. The molecule has 0 aromatic carbocycles. The van der Waals surface area contributed by atoms with Crippen molar-refractivity contribution >= 4 is 5.91 Å². The molecule has 0 saturated carbocycles. The number of hydrogen-bond acceptors (Lipinski definition) is 6. The summed E-state index contributed by atoms with van der Waals surface area (Å²) in [6, 6.07) is 0. The van der Waals surface area contributed by atoms with E-state index in [2.05, 4.69) is 15.2 Å². The summed E-state index contributed by atoms with van der Waals surface area (Å²) < 4.78 is 5.18. The number of amides is 1. The van der Waals surface area contributed by atoms with Crippen molar-refractivity contribution in [2.24, 2.45) is 5.73 Å². The van der Waals surface area contributed by atoms with Crippen LogP contribution in [0.2, 0.25) is 0 Å². The Balaban J connectivity index is 2.14. The molecule has 0 aliphatic rings. The second-order valence-electron chi connectivity index (χ2n) is 4.31. The van der Waals surface area contributed by atoms with Crippen molar-refractivity contribution < 1.29 is 14.3 Å². The molecule has 0 aliphatic heterocycles. The molecule has 2 heterocycles. The molecule has 0 spiro atoms. The highest BCUT2D eigenvalue weighted by atomic mass is 16.3. The van der Waals surface area contributed by atoms with Gasteiger partial charge in [0.15, 0.2) is 5.69 Å². The van der Waals surface area contributed by atoms with Crippen LogP contribution in [0.15, 0.2) is 16.9 Å². The molecule has 0 radical (unpaired) electrons. The first kappa shape index (κ1) is 12.2. The number of rotatable bonds is 4. The van der Waals surface area contributed by atoms with Crippen molar-refractivity contribution in [2.75, 3.05) is 0 Å². The summed E-state index contributed by atoms with van der Waals surface area (Å²) in [7, 11) is 0. The maximum Gasteiger partial charge on any atom is 0.270 e. The van der Waals surface area contributed by atoms with Crippen LogP contribution in [0.5, 0.6) is 0 Å². The van der Waals surface area contributed by atoms with Gasteiger partial charge in [0.1, 0.15) is 24.1 Å². The number of hydrogen-bond donors (Lipinski definition) is 2. The molecule has 0 atom stereocenters. The summed E-state index contributed by atoms with van der Waals surface area (Å²) in [6.07, 6.45) is 2.63. The molecule has 0 saturated heterocycles. The zero-order valence-electron chi connectivity index (χ0n) is 9.99. The summed E-state index contributed by atoms with van der Waals surface area (Å²) in [6.45, 7) is 3.36. The van der Waals surface area contributed by atoms with E-state index in [1.807, 2.05) is 0 Å². The molecular formula is C10H13N5O3. The van der Waals surface area contributed by atoms with Gasteiger partial charge in [-0.2, -0.15) is 9.90 Å². The molecule has 96 valence electrons. The second-order valence-corrected chi connectivity index (χ2v) is 4.31. The second kappa shape index (κ2) is 4.22. The Kier molecular flexibility index (Phi) is 2.87. The smallest absolute Gasteiger partial charge is 0.270 e. The minimum absolute atomic E-state index is 0.0734. The van der Waals surface area contributed by atoms with Crippen LogP contribution in [0.1, 0.15) is 35.9 Å². The SMILES string of the molecule is CC(C)(O)c1coc(Cn2ncc(C(N)=O)n2)n1. The first-order chi connectivity index (χ1) is 8.36. The lowest BCUT2D eigenvalue weighted by atomic mass is 10.1. The molecule has 0 aliphatic carbocycles. The van der Waals surface area contributed by atoms with Crippen LogP contribution < -0.4 is 5.73 Å². The van der Waals surface area contributed by atoms with Crippen LogP contribution in [0.4, 0.5) is 0 Å². The molecular weight excluding hydrogens is 238 g/mol. The van der Waals surface area contributed by atoms with Crippen LogP contribution >= 0.6 is 0 Å². The van der Waals surface area contributed by atoms with Gasteiger partial charge in [0.05, 0.1) is 6.20 Å². The van der Waals surface area contributed by atoms with Gasteiger partial charge in [-0.3, -0.25) is 4.79 Å². The van der Waals surface area contributed by atoms with Crippen molar-refractivity contribution in [3.8, 4) is 0 Å². The molecule has 0 unspecified atom stereocenters. The van der Waals surface area contributed by atoms with E-state index in [0.29, 0.717) is 11.6 Å². The van der Waals surface area contributed by atoms with E-state index < -0.39 is 11.5 Å². The summed E-state index contributed by atoms with van der Waals surface area (Å²) in [5.41, 5.74) is 4.47. The fourth-order valence-corrected chi connectivity index (χ4v) is 1.27.